The number of aliphatic imine (C=N–C) groups is 1. The van der Waals surface area contributed by atoms with E-state index >= 15 is 0 Å². The molecule has 0 aliphatic heterocycles. The molecule has 0 saturated carbocycles. The predicted molar refractivity (Wildman–Crippen MR) is 106 cm³/mol. The summed E-state index contributed by atoms with van der Waals surface area (Å²) in [6.07, 6.45) is -1.68. The molecule has 10 heteroatoms. The zero-order chi connectivity index (χ0) is 22.1. The topological polar surface area (TPSA) is 78.3 Å². The lowest BCUT2D eigenvalue weighted by Gasteiger charge is -2.13. The first kappa shape index (κ1) is 21.5. The quantitative estimate of drug-likeness (QED) is 0.371. The van der Waals surface area contributed by atoms with Gasteiger partial charge in [0.2, 0.25) is 5.88 Å². The van der Waals surface area contributed by atoms with E-state index in [4.69, 9.17) is 10.5 Å². The van der Waals surface area contributed by atoms with E-state index in [0.717, 1.165) is 17.8 Å². The lowest BCUT2D eigenvalue weighted by molar-refractivity contribution is -0.137. The van der Waals surface area contributed by atoms with E-state index in [0.29, 0.717) is 16.6 Å². The first-order chi connectivity index (χ1) is 14.1. The van der Waals surface area contributed by atoms with Crippen molar-refractivity contribution >= 4 is 16.9 Å². The van der Waals surface area contributed by atoms with Gasteiger partial charge in [-0.05, 0) is 31.5 Å². The highest BCUT2D eigenvalue weighted by Crippen LogP contribution is 2.32. The van der Waals surface area contributed by atoms with E-state index in [-0.39, 0.29) is 30.4 Å². The van der Waals surface area contributed by atoms with Crippen molar-refractivity contribution in [1.82, 2.24) is 14.5 Å². The van der Waals surface area contributed by atoms with Gasteiger partial charge in [-0.3, -0.25) is 9.98 Å². The van der Waals surface area contributed by atoms with Crippen LogP contribution in [0.25, 0.3) is 11.0 Å². The fraction of sp³-hybridized carbons (Fsp3) is 0.350. The smallest absolute Gasteiger partial charge is 0.417 e. The van der Waals surface area contributed by atoms with Gasteiger partial charge >= 0.3 is 6.18 Å². The van der Waals surface area contributed by atoms with E-state index in [2.05, 4.69) is 15.0 Å². The van der Waals surface area contributed by atoms with Crippen LogP contribution in [-0.4, -0.2) is 40.2 Å². The number of ether oxygens (including phenoxy) is 1. The van der Waals surface area contributed by atoms with Crippen LogP contribution in [0.1, 0.15) is 29.2 Å². The maximum atomic E-state index is 13.2. The Hall–Kier alpha value is -3.17. The van der Waals surface area contributed by atoms with Crippen LogP contribution < -0.4 is 10.5 Å². The number of fused-ring (bicyclic) bond motifs is 1. The average molecular weight is 423 g/mol. The van der Waals surface area contributed by atoms with Crippen molar-refractivity contribution in [3.63, 3.8) is 0 Å². The second kappa shape index (κ2) is 8.29. The van der Waals surface area contributed by atoms with Gasteiger partial charge < -0.3 is 15.0 Å². The SMILES string of the molecule is COc1ncc(C(F)(F)F)cc1Cn1cc(C(N)=NCC(C)F)c2ncc(C)cc21. The number of halogens is 4. The molecule has 2 N–H and O–H groups in total. The van der Waals surface area contributed by atoms with E-state index in [1.54, 1.807) is 17.0 Å². The summed E-state index contributed by atoms with van der Waals surface area (Å²) < 4.78 is 59.4. The molecule has 0 bridgehead atoms. The molecule has 0 aromatic carbocycles. The summed E-state index contributed by atoms with van der Waals surface area (Å²) in [5, 5.41) is 0. The Labute approximate surface area is 170 Å². The van der Waals surface area contributed by atoms with E-state index in [1.165, 1.54) is 14.0 Å². The van der Waals surface area contributed by atoms with E-state index in [9.17, 15) is 17.6 Å². The second-order valence-corrected chi connectivity index (χ2v) is 6.95. The highest BCUT2D eigenvalue weighted by atomic mass is 19.4. The Bertz CT molecular complexity index is 1090. The lowest BCUT2D eigenvalue weighted by atomic mass is 10.2. The third-order valence-electron chi connectivity index (χ3n) is 4.43. The molecule has 30 heavy (non-hydrogen) atoms. The summed E-state index contributed by atoms with van der Waals surface area (Å²) in [6.45, 7) is 3.15. The molecular weight excluding hydrogens is 402 g/mol. The number of hydrogen-bond donors (Lipinski definition) is 1. The molecule has 0 amide bonds. The predicted octanol–water partition coefficient (Wildman–Crippen LogP) is 3.88. The molecule has 160 valence electrons. The van der Waals surface area contributed by atoms with Crippen molar-refractivity contribution in [2.75, 3.05) is 13.7 Å². The number of pyridine rings is 2. The maximum Gasteiger partial charge on any atom is 0.417 e. The standard InChI is InChI=1S/C20H21F4N5O/c1-11-4-16-17(26-6-11)15(18(25)27-7-12(2)21)10-29(16)9-13-5-14(20(22,23)24)8-28-19(13)30-3/h4-6,8,10,12H,7,9H2,1-3H3,(H2,25,27). The summed E-state index contributed by atoms with van der Waals surface area (Å²) in [5.41, 5.74) is 7.91. The number of hydrogen-bond acceptors (Lipinski definition) is 4. The third kappa shape index (κ3) is 4.52. The Morgan fingerprint density at radius 2 is 2.00 bits per heavy atom. The number of aryl methyl sites for hydroxylation is 1. The highest BCUT2D eigenvalue weighted by Gasteiger charge is 2.32. The van der Waals surface area contributed by atoms with Crippen LogP contribution in [0.3, 0.4) is 0 Å². The van der Waals surface area contributed by atoms with Crippen molar-refractivity contribution < 1.29 is 22.3 Å². The number of aromatic nitrogens is 3. The van der Waals surface area contributed by atoms with Crippen molar-refractivity contribution in [2.45, 2.75) is 32.7 Å². The Balaban J connectivity index is 2.11. The summed E-state index contributed by atoms with van der Waals surface area (Å²) >= 11 is 0. The van der Waals surface area contributed by atoms with Gasteiger partial charge in [-0.1, -0.05) is 0 Å². The normalized spacial score (nSPS) is 13.6. The van der Waals surface area contributed by atoms with Crippen LogP contribution in [0.5, 0.6) is 5.88 Å². The summed E-state index contributed by atoms with van der Waals surface area (Å²) in [6, 6.07) is 2.84. The first-order valence-electron chi connectivity index (χ1n) is 9.10. The van der Waals surface area contributed by atoms with Gasteiger partial charge in [-0.2, -0.15) is 13.2 Å². The number of amidine groups is 1. The Kier molecular flexibility index (Phi) is 5.95. The van der Waals surface area contributed by atoms with E-state index in [1.807, 2.05) is 13.0 Å². The second-order valence-electron chi connectivity index (χ2n) is 6.95. The van der Waals surface area contributed by atoms with Crippen LogP contribution in [0.15, 0.2) is 35.7 Å². The molecule has 0 aliphatic rings. The fourth-order valence-electron chi connectivity index (χ4n) is 3.03. The minimum atomic E-state index is -4.53. The van der Waals surface area contributed by atoms with Crippen LogP contribution in [-0.2, 0) is 12.7 Å². The van der Waals surface area contributed by atoms with Gasteiger partial charge in [0.05, 0.1) is 42.4 Å². The van der Waals surface area contributed by atoms with E-state index < -0.39 is 17.9 Å². The van der Waals surface area contributed by atoms with Crippen LogP contribution >= 0.6 is 0 Å². The molecular formula is C20H21F4N5O. The zero-order valence-electron chi connectivity index (χ0n) is 16.7. The third-order valence-corrected chi connectivity index (χ3v) is 4.43. The van der Waals surface area contributed by atoms with Gasteiger partial charge in [0, 0.05) is 24.2 Å². The minimum Gasteiger partial charge on any atom is -0.481 e. The molecule has 0 saturated heterocycles. The molecule has 3 aromatic heterocycles. The van der Waals surface area contributed by atoms with Gasteiger partial charge in [0.1, 0.15) is 12.0 Å². The molecule has 3 aromatic rings. The number of methoxy groups -OCH3 is 1. The number of alkyl halides is 4. The van der Waals surface area contributed by atoms with Gasteiger partial charge in [0.15, 0.2) is 0 Å². The van der Waals surface area contributed by atoms with Crippen molar-refractivity contribution in [2.24, 2.45) is 10.7 Å². The van der Waals surface area contributed by atoms with Gasteiger partial charge in [-0.25, -0.2) is 9.37 Å². The summed E-state index contributed by atoms with van der Waals surface area (Å²) in [5.74, 6) is 0.189. The molecule has 0 radical (unpaired) electrons. The average Bonchev–Trinajstić information content (AvgIpc) is 3.03. The molecule has 1 unspecified atom stereocenters. The maximum absolute atomic E-state index is 13.2. The van der Waals surface area contributed by atoms with Crippen molar-refractivity contribution in [1.29, 1.82) is 0 Å². The molecule has 1 atom stereocenters. The van der Waals surface area contributed by atoms with Crippen LogP contribution in [0.2, 0.25) is 0 Å². The molecule has 0 aliphatic carbocycles. The Morgan fingerprint density at radius 1 is 1.27 bits per heavy atom. The van der Waals surface area contributed by atoms with Gasteiger partial charge in [0.25, 0.3) is 0 Å². The summed E-state index contributed by atoms with van der Waals surface area (Å²) in [7, 11) is 1.34. The molecule has 0 spiro atoms. The number of nitrogens with zero attached hydrogens (tertiary/aromatic N) is 4. The first-order valence-corrected chi connectivity index (χ1v) is 9.10. The molecule has 3 heterocycles. The molecule has 3 rings (SSSR count). The number of nitrogens with two attached hydrogens (primary N) is 1. The fourth-order valence-corrected chi connectivity index (χ4v) is 3.03. The highest BCUT2D eigenvalue weighted by molar-refractivity contribution is 6.07. The molecule has 0 fully saturated rings. The number of rotatable bonds is 6. The van der Waals surface area contributed by atoms with Crippen LogP contribution in [0.4, 0.5) is 17.6 Å². The van der Waals surface area contributed by atoms with Gasteiger partial charge in [-0.15, -0.1) is 0 Å². The zero-order valence-corrected chi connectivity index (χ0v) is 16.7. The largest absolute Gasteiger partial charge is 0.481 e. The lowest BCUT2D eigenvalue weighted by Crippen LogP contribution is -2.15. The summed E-state index contributed by atoms with van der Waals surface area (Å²) in [4.78, 5) is 12.2. The van der Waals surface area contributed by atoms with Crippen molar-refractivity contribution in [3.8, 4) is 5.88 Å². The monoisotopic (exact) mass is 423 g/mol. The minimum absolute atomic E-state index is 0.0362. The van der Waals surface area contributed by atoms with Crippen molar-refractivity contribution in [3.05, 3.63) is 53.0 Å². The van der Waals surface area contributed by atoms with Crippen LogP contribution in [0, 0.1) is 6.92 Å². The molecule has 6 nitrogen and oxygen atoms in total. The Morgan fingerprint density at radius 3 is 2.63 bits per heavy atom.